The molecule has 0 aromatic rings. The molecule has 0 fully saturated rings. The van der Waals surface area contributed by atoms with Gasteiger partial charge in [-0.2, -0.15) is 0 Å². The summed E-state index contributed by atoms with van der Waals surface area (Å²) in [6, 6.07) is 1.96. The van der Waals surface area contributed by atoms with E-state index in [9.17, 15) is 10.00 Å². The zero-order valence-corrected chi connectivity index (χ0v) is 17.5. The van der Waals surface area contributed by atoms with Crippen molar-refractivity contribution in [1.82, 2.24) is 4.67 Å². The summed E-state index contributed by atoms with van der Waals surface area (Å²) in [6.45, 7) is 9.90. The molecule has 0 saturated heterocycles. The van der Waals surface area contributed by atoms with Crippen LogP contribution in [0.1, 0.15) is 73.1 Å². The number of hydrogen-bond donors (Lipinski definition) is 4. The Morgan fingerprint density at radius 3 is 2.16 bits per heavy atom. The van der Waals surface area contributed by atoms with E-state index in [1.807, 2.05) is 27.7 Å². The Bertz CT molecular complexity index is 417. The van der Waals surface area contributed by atoms with E-state index in [1.54, 1.807) is 4.67 Å². The van der Waals surface area contributed by atoms with Crippen LogP contribution in [0.4, 0.5) is 0 Å². The number of aliphatic hydroxyl groups excluding tert-OH is 1. The Morgan fingerprint density at radius 2 is 1.76 bits per heavy atom. The molecule has 2 atom stereocenters. The van der Waals surface area contributed by atoms with E-state index in [0.29, 0.717) is 6.42 Å². The van der Waals surface area contributed by atoms with Crippen molar-refractivity contribution in [3.8, 4) is 6.07 Å². The van der Waals surface area contributed by atoms with Crippen LogP contribution in [0.3, 0.4) is 0 Å². The summed E-state index contributed by atoms with van der Waals surface area (Å²) >= 11 is 0. The van der Waals surface area contributed by atoms with Gasteiger partial charge in [-0.3, -0.25) is 0 Å². The number of nitriles is 1. The summed E-state index contributed by atoms with van der Waals surface area (Å²) in [5.74, 6) is 0. The fraction of sp³-hybridized carbons (Fsp3) is 0.941. The van der Waals surface area contributed by atoms with Crippen LogP contribution in [0, 0.1) is 11.3 Å². The Morgan fingerprint density at radius 1 is 1.20 bits per heavy atom. The molecule has 0 aromatic heterocycles. The van der Waals surface area contributed by atoms with Gasteiger partial charge >= 0.3 is 153 Å². The van der Waals surface area contributed by atoms with Crippen molar-refractivity contribution in [2.45, 2.75) is 97.6 Å². The van der Waals surface area contributed by atoms with Gasteiger partial charge in [0.05, 0.1) is 0 Å². The van der Waals surface area contributed by atoms with E-state index >= 15 is 0 Å². The van der Waals surface area contributed by atoms with Gasteiger partial charge in [-0.05, 0) is 0 Å². The summed E-state index contributed by atoms with van der Waals surface area (Å²) in [5.41, 5.74) is 12.1. The van der Waals surface area contributed by atoms with Crippen molar-refractivity contribution < 1.29 is 14.5 Å². The Hall–Kier alpha value is -0.320. The second-order valence-electron chi connectivity index (χ2n) is 7.41. The zero-order chi connectivity index (χ0) is 19.7. The molecule has 8 heteroatoms. The summed E-state index contributed by atoms with van der Waals surface area (Å²) in [5, 5.41) is 18.6. The molecule has 0 saturated carbocycles. The van der Waals surface area contributed by atoms with Crippen molar-refractivity contribution >= 4 is 7.36 Å². The summed E-state index contributed by atoms with van der Waals surface area (Å²) in [4.78, 5) is 11.6. The standard InChI is InChI=1S/C17H39N4O3P/c1-6-7-8-10-16(13-17(19)22)24-25(20,23,12-9-11-18)21(14(2)3)15(4)5/h14-17,22-23H,6-10,12-13,19-20H2,1-5H3. The van der Waals surface area contributed by atoms with Gasteiger partial charge in [0.15, 0.2) is 0 Å². The summed E-state index contributed by atoms with van der Waals surface area (Å²) in [7, 11) is -4.27. The van der Waals surface area contributed by atoms with E-state index in [4.69, 9.17) is 21.0 Å². The van der Waals surface area contributed by atoms with Gasteiger partial charge in [0.25, 0.3) is 0 Å². The molecule has 0 bridgehead atoms. The zero-order valence-electron chi connectivity index (χ0n) is 16.6. The predicted molar refractivity (Wildman–Crippen MR) is 104 cm³/mol. The molecule has 0 radical (unpaired) electrons. The quantitative estimate of drug-likeness (QED) is 0.220. The van der Waals surface area contributed by atoms with E-state index < -0.39 is 19.7 Å². The maximum absolute atomic E-state index is 11.6. The average Bonchev–Trinajstić information content (AvgIpc) is 2.43. The molecule has 6 N–H and O–H groups in total. The number of unbranched alkanes of at least 4 members (excludes halogenated alkanes) is 2. The molecule has 2 unspecified atom stereocenters. The Labute approximate surface area is 153 Å². The molecule has 0 heterocycles. The minimum absolute atomic E-state index is 0.0505. The first-order chi connectivity index (χ1) is 11.5. The van der Waals surface area contributed by atoms with Gasteiger partial charge < -0.3 is 0 Å². The molecule has 0 amide bonds. The average molecular weight is 378 g/mol. The SMILES string of the molecule is CCCCCC(CC(N)O)OP(N)(O)(CCC#N)N(C(C)C)C(C)C. The monoisotopic (exact) mass is 378 g/mol. The van der Waals surface area contributed by atoms with Gasteiger partial charge in [-0.1, -0.05) is 0 Å². The van der Waals surface area contributed by atoms with E-state index in [-0.39, 0.29) is 31.1 Å². The molecule has 0 aromatic carbocycles. The van der Waals surface area contributed by atoms with Gasteiger partial charge in [0.1, 0.15) is 0 Å². The van der Waals surface area contributed by atoms with E-state index in [2.05, 4.69) is 13.0 Å². The Balaban J connectivity index is 5.65. The predicted octanol–water partition coefficient (Wildman–Crippen LogP) is 2.82. The first-order valence-corrected chi connectivity index (χ1v) is 11.6. The molecule has 7 nitrogen and oxygen atoms in total. The van der Waals surface area contributed by atoms with Crippen LogP contribution in [0.2, 0.25) is 0 Å². The molecule has 0 aliphatic heterocycles. The third-order valence-corrected chi connectivity index (χ3v) is 7.94. The molecule has 25 heavy (non-hydrogen) atoms. The van der Waals surface area contributed by atoms with Crippen LogP contribution < -0.4 is 11.2 Å². The first kappa shape index (κ1) is 24.7. The van der Waals surface area contributed by atoms with Crippen LogP contribution in [0.15, 0.2) is 0 Å². The fourth-order valence-corrected chi connectivity index (χ4v) is 7.28. The molecular formula is C17H39N4O3P. The third kappa shape index (κ3) is 8.27. The molecule has 0 rings (SSSR count). The van der Waals surface area contributed by atoms with E-state index in [0.717, 1.165) is 19.3 Å². The van der Waals surface area contributed by atoms with Crippen LogP contribution >= 0.6 is 7.36 Å². The summed E-state index contributed by atoms with van der Waals surface area (Å²) in [6.07, 6.45) is 2.56. The van der Waals surface area contributed by atoms with Gasteiger partial charge in [0, 0.05) is 0 Å². The van der Waals surface area contributed by atoms with E-state index in [1.165, 1.54) is 0 Å². The van der Waals surface area contributed by atoms with Crippen LogP contribution in [-0.2, 0) is 4.52 Å². The topological polar surface area (TPSA) is 129 Å². The third-order valence-electron chi connectivity index (χ3n) is 4.21. The number of nitrogens with two attached hydrogens (primary N) is 2. The van der Waals surface area contributed by atoms with Crippen molar-refractivity contribution in [1.29, 1.82) is 5.26 Å². The summed E-state index contributed by atoms with van der Waals surface area (Å²) < 4.78 is 7.97. The van der Waals surface area contributed by atoms with Crippen LogP contribution in [0.25, 0.3) is 0 Å². The first-order valence-electron chi connectivity index (χ1n) is 9.32. The normalized spacial score (nSPS) is 16.7. The van der Waals surface area contributed by atoms with Crippen molar-refractivity contribution in [3.63, 3.8) is 0 Å². The Kier molecular flexibility index (Phi) is 10.6. The maximum atomic E-state index is 11.6. The molecule has 150 valence electrons. The van der Waals surface area contributed by atoms with Crippen LogP contribution in [0.5, 0.6) is 0 Å². The van der Waals surface area contributed by atoms with Gasteiger partial charge in [0.2, 0.25) is 0 Å². The van der Waals surface area contributed by atoms with Gasteiger partial charge in [-0.15, -0.1) is 0 Å². The molecule has 0 aliphatic carbocycles. The number of nitrogens with zero attached hydrogens (tertiary/aromatic N) is 2. The van der Waals surface area contributed by atoms with Crippen molar-refractivity contribution in [2.75, 3.05) is 6.16 Å². The van der Waals surface area contributed by atoms with Crippen molar-refractivity contribution in [2.24, 2.45) is 11.2 Å². The number of aliphatic hydroxyl groups is 1. The number of hydrogen-bond acceptors (Lipinski definition) is 7. The second-order valence-corrected chi connectivity index (χ2v) is 10.9. The fourth-order valence-electron chi connectivity index (χ4n) is 3.50. The van der Waals surface area contributed by atoms with Gasteiger partial charge in [-0.25, -0.2) is 0 Å². The molecular weight excluding hydrogens is 339 g/mol. The molecule has 0 spiro atoms. The second kappa shape index (κ2) is 10.7. The van der Waals surface area contributed by atoms with Crippen LogP contribution in [-0.4, -0.2) is 45.2 Å². The number of rotatable bonds is 13. The van der Waals surface area contributed by atoms with Crippen molar-refractivity contribution in [3.05, 3.63) is 0 Å². The minimum atomic E-state index is -4.27. The molecule has 0 aliphatic rings.